The summed E-state index contributed by atoms with van der Waals surface area (Å²) in [6.45, 7) is 9.90. The normalized spacial score (nSPS) is 18.9. The van der Waals surface area contributed by atoms with Gasteiger partial charge in [0, 0.05) is 5.41 Å². The van der Waals surface area contributed by atoms with Crippen molar-refractivity contribution >= 4 is 0 Å². The first-order valence-corrected chi connectivity index (χ1v) is 7.77. The number of aliphatic hydroxyl groups is 3. The Morgan fingerprint density at radius 2 is 1.68 bits per heavy atom. The van der Waals surface area contributed by atoms with E-state index in [0.717, 1.165) is 25.7 Å². The van der Waals surface area contributed by atoms with Crippen molar-refractivity contribution in [3.8, 4) is 0 Å². The molecule has 116 valence electrons. The summed E-state index contributed by atoms with van der Waals surface area (Å²) in [4.78, 5) is 0. The summed E-state index contributed by atoms with van der Waals surface area (Å²) < 4.78 is 0. The molecule has 4 atom stereocenters. The summed E-state index contributed by atoms with van der Waals surface area (Å²) in [5.74, 6) is 0.319. The van der Waals surface area contributed by atoms with Gasteiger partial charge in [0.1, 0.15) is 0 Å². The lowest BCUT2D eigenvalue weighted by Crippen LogP contribution is -2.39. The molecule has 19 heavy (non-hydrogen) atoms. The fraction of sp³-hybridized carbons (Fsp3) is 1.00. The zero-order chi connectivity index (χ0) is 15.1. The molecule has 0 aliphatic rings. The van der Waals surface area contributed by atoms with E-state index in [1.54, 1.807) is 0 Å². The molecule has 3 N–H and O–H groups in total. The minimum Gasteiger partial charge on any atom is -0.396 e. The molecule has 0 saturated carbocycles. The van der Waals surface area contributed by atoms with E-state index in [-0.39, 0.29) is 18.6 Å². The molecule has 0 spiro atoms. The zero-order valence-corrected chi connectivity index (χ0v) is 13.4. The highest BCUT2D eigenvalue weighted by Crippen LogP contribution is 2.30. The SMILES string of the molecule is CCCCC(CC)C(O)CC(C)C(O)C(C)(C)CO. The van der Waals surface area contributed by atoms with Crippen LogP contribution in [0.5, 0.6) is 0 Å². The van der Waals surface area contributed by atoms with Crippen molar-refractivity contribution in [1.82, 2.24) is 0 Å². The van der Waals surface area contributed by atoms with Crippen molar-refractivity contribution in [3.05, 3.63) is 0 Å². The van der Waals surface area contributed by atoms with Gasteiger partial charge >= 0.3 is 0 Å². The lowest BCUT2D eigenvalue weighted by molar-refractivity contribution is -0.0434. The van der Waals surface area contributed by atoms with Crippen LogP contribution in [0.3, 0.4) is 0 Å². The summed E-state index contributed by atoms with van der Waals surface area (Å²) in [7, 11) is 0. The highest BCUT2D eigenvalue weighted by molar-refractivity contribution is 4.83. The van der Waals surface area contributed by atoms with Gasteiger partial charge in [-0.05, 0) is 24.7 Å². The third kappa shape index (κ3) is 6.24. The summed E-state index contributed by atoms with van der Waals surface area (Å²) in [5, 5.41) is 29.9. The lowest BCUT2D eigenvalue weighted by atomic mass is 9.77. The topological polar surface area (TPSA) is 60.7 Å². The monoisotopic (exact) mass is 274 g/mol. The fourth-order valence-electron chi connectivity index (χ4n) is 2.70. The Kier molecular flexibility index (Phi) is 8.88. The second-order valence-corrected chi connectivity index (χ2v) is 6.68. The number of hydrogen-bond acceptors (Lipinski definition) is 3. The molecule has 4 unspecified atom stereocenters. The average molecular weight is 274 g/mol. The van der Waals surface area contributed by atoms with Crippen molar-refractivity contribution in [2.24, 2.45) is 17.3 Å². The molecule has 3 nitrogen and oxygen atoms in total. The zero-order valence-electron chi connectivity index (χ0n) is 13.4. The first-order valence-electron chi connectivity index (χ1n) is 7.77. The Hall–Kier alpha value is -0.120. The van der Waals surface area contributed by atoms with Crippen LogP contribution in [-0.4, -0.2) is 34.1 Å². The standard InChI is InChI=1S/C16H34O3/c1-6-8-9-13(7-2)14(18)10-12(3)15(19)16(4,5)11-17/h12-15,17-19H,6-11H2,1-5H3. The van der Waals surface area contributed by atoms with Gasteiger partial charge in [-0.2, -0.15) is 0 Å². The van der Waals surface area contributed by atoms with Gasteiger partial charge in [-0.15, -0.1) is 0 Å². The van der Waals surface area contributed by atoms with E-state index in [9.17, 15) is 15.3 Å². The number of hydrogen-bond donors (Lipinski definition) is 3. The lowest BCUT2D eigenvalue weighted by Gasteiger charge is -2.34. The first kappa shape index (κ1) is 18.9. The number of aliphatic hydroxyl groups excluding tert-OH is 3. The number of unbranched alkanes of at least 4 members (excludes halogenated alkanes) is 1. The van der Waals surface area contributed by atoms with Crippen molar-refractivity contribution < 1.29 is 15.3 Å². The summed E-state index contributed by atoms with van der Waals surface area (Å²) in [5.41, 5.74) is -0.510. The van der Waals surface area contributed by atoms with Gasteiger partial charge in [0.25, 0.3) is 0 Å². The van der Waals surface area contributed by atoms with E-state index < -0.39 is 11.5 Å². The Labute approximate surface area is 119 Å². The molecule has 0 aromatic rings. The van der Waals surface area contributed by atoms with Crippen LogP contribution in [0.25, 0.3) is 0 Å². The van der Waals surface area contributed by atoms with E-state index in [0.29, 0.717) is 12.3 Å². The minimum absolute atomic E-state index is 0.00664. The van der Waals surface area contributed by atoms with Crippen molar-refractivity contribution in [2.45, 2.75) is 78.9 Å². The van der Waals surface area contributed by atoms with E-state index >= 15 is 0 Å². The maximum absolute atomic E-state index is 10.3. The highest BCUT2D eigenvalue weighted by Gasteiger charge is 2.33. The average Bonchev–Trinajstić information content (AvgIpc) is 2.38. The Morgan fingerprint density at radius 1 is 1.11 bits per heavy atom. The van der Waals surface area contributed by atoms with Crippen LogP contribution in [0.1, 0.15) is 66.7 Å². The van der Waals surface area contributed by atoms with Gasteiger partial charge in [-0.1, -0.05) is 53.9 Å². The quantitative estimate of drug-likeness (QED) is 0.574. The van der Waals surface area contributed by atoms with E-state index in [2.05, 4.69) is 13.8 Å². The molecule has 0 aliphatic heterocycles. The molecular weight excluding hydrogens is 240 g/mol. The molecule has 0 fully saturated rings. The van der Waals surface area contributed by atoms with Crippen LogP contribution in [0.15, 0.2) is 0 Å². The van der Waals surface area contributed by atoms with Gasteiger partial charge in [0.05, 0.1) is 18.8 Å². The molecule has 0 aliphatic carbocycles. The Morgan fingerprint density at radius 3 is 2.11 bits per heavy atom. The van der Waals surface area contributed by atoms with Gasteiger partial charge in [-0.3, -0.25) is 0 Å². The molecular formula is C16H34O3. The van der Waals surface area contributed by atoms with E-state index in [4.69, 9.17) is 0 Å². The predicted octanol–water partition coefficient (Wildman–Crippen LogP) is 2.97. The van der Waals surface area contributed by atoms with Gasteiger partial charge in [0.2, 0.25) is 0 Å². The molecule has 0 saturated heterocycles. The molecule has 0 heterocycles. The van der Waals surface area contributed by atoms with Gasteiger partial charge < -0.3 is 15.3 Å². The van der Waals surface area contributed by atoms with Crippen LogP contribution in [0.4, 0.5) is 0 Å². The predicted molar refractivity (Wildman–Crippen MR) is 80.0 cm³/mol. The minimum atomic E-state index is -0.587. The largest absolute Gasteiger partial charge is 0.396 e. The fourth-order valence-corrected chi connectivity index (χ4v) is 2.70. The third-order valence-corrected chi connectivity index (χ3v) is 4.36. The molecule has 0 aromatic carbocycles. The molecule has 0 bridgehead atoms. The van der Waals surface area contributed by atoms with Crippen molar-refractivity contribution in [3.63, 3.8) is 0 Å². The molecule has 3 heteroatoms. The van der Waals surface area contributed by atoms with Crippen molar-refractivity contribution in [2.75, 3.05) is 6.61 Å². The third-order valence-electron chi connectivity index (χ3n) is 4.36. The molecule has 0 amide bonds. The van der Waals surface area contributed by atoms with Gasteiger partial charge in [-0.25, -0.2) is 0 Å². The second kappa shape index (κ2) is 8.93. The maximum atomic E-state index is 10.3. The van der Waals surface area contributed by atoms with E-state index in [1.165, 1.54) is 0 Å². The first-order chi connectivity index (χ1) is 8.80. The van der Waals surface area contributed by atoms with Crippen LogP contribution in [0.2, 0.25) is 0 Å². The molecule has 0 radical (unpaired) electrons. The van der Waals surface area contributed by atoms with E-state index in [1.807, 2.05) is 20.8 Å². The van der Waals surface area contributed by atoms with Crippen LogP contribution in [0, 0.1) is 17.3 Å². The van der Waals surface area contributed by atoms with Crippen LogP contribution < -0.4 is 0 Å². The highest BCUT2D eigenvalue weighted by atomic mass is 16.3. The Bertz CT molecular complexity index is 228. The second-order valence-electron chi connectivity index (χ2n) is 6.68. The van der Waals surface area contributed by atoms with Crippen LogP contribution in [-0.2, 0) is 0 Å². The van der Waals surface area contributed by atoms with Crippen molar-refractivity contribution in [1.29, 1.82) is 0 Å². The number of rotatable bonds is 10. The van der Waals surface area contributed by atoms with Gasteiger partial charge in [0.15, 0.2) is 0 Å². The summed E-state index contributed by atoms with van der Waals surface area (Å²) in [6.07, 6.45) is 4.00. The maximum Gasteiger partial charge on any atom is 0.0639 e. The summed E-state index contributed by atoms with van der Waals surface area (Å²) >= 11 is 0. The summed E-state index contributed by atoms with van der Waals surface area (Å²) in [6, 6.07) is 0. The smallest absolute Gasteiger partial charge is 0.0639 e. The van der Waals surface area contributed by atoms with Crippen LogP contribution >= 0.6 is 0 Å². The Balaban J connectivity index is 4.40. The molecule has 0 aromatic heterocycles. The molecule has 0 rings (SSSR count).